The molecule has 19 heavy (non-hydrogen) atoms. The van der Waals surface area contributed by atoms with E-state index < -0.39 is 0 Å². The zero-order valence-electron chi connectivity index (χ0n) is 12.1. The predicted octanol–water partition coefficient (Wildman–Crippen LogP) is 4.24. The molecule has 1 unspecified atom stereocenters. The number of hydrogen-bond acceptors (Lipinski definition) is 1. The lowest BCUT2D eigenvalue weighted by atomic mass is 9.94. The van der Waals surface area contributed by atoms with E-state index in [1.165, 1.54) is 27.8 Å². The number of hydrogen-bond donors (Lipinski definition) is 1. The zero-order chi connectivity index (χ0) is 13.8. The molecule has 0 aliphatic carbocycles. The van der Waals surface area contributed by atoms with Gasteiger partial charge in [-0.3, -0.25) is 0 Å². The summed E-state index contributed by atoms with van der Waals surface area (Å²) in [5, 5.41) is 0. The summed E-state index contributed by atoms with van der Waals surface area (Å²) in [5.41, 5.74) is 13.0. The third-order valence-electron chi connectivity index (χ3n) is 3.81. The van der Waals surface area contributed by atoms with E-state index >= 15 is 0 Å². The molecule has 100 valence electrons. The largest absolute Gasteiger partial charge is 0.324 e. The second-order valence-corrected chi connectivity index (χ2v) is 5.43. The second-order valence-electron chi connectivity index (χ2n) is 5.43. The highest BCUT2D eigenvalue weighted by Crippen LogP contribution is 2.22. The first-order chi connectivity index (χ1) is 9.08. The molecule has 1 nitrogen and oxygen atoms in total. The molecule has 1 heteroatoms. The van der Waals surface area contributed by atoms with Gasteiger partial charge in [-0.05, 0) is 55.9 Å². The topological polar surface area (TPSA) is 26.0 Å². The van der Waals surface area contributed by atoms with Crippen LogP contribution in [0.2, 0.25) is 0 Å². The van der Waals surface area contributed by atoms with E-state index in [9.17, 15) is 0 Å². The Kier molecular flexibility index (Phi) is 4.39. The predicted molar refractivity (Wildman–Crippen MR) is 82.3 cm³/mol. The Morgan fingerprint density at radius 1 is 0.947 bits per heavy atom. The number of benzene rings is 2. The van der Waals surface area contributed by atoms with Gasteiger partial charge in [-0.1, -0.05) is 48.0 Å². The first kappa shape index (κ1) is 13.8. The fraction of sp³-hybridized carbons (Fsp3) is 0.333. The Morgan fingerprint density at radius 2 is 1.68 bits per heavy atom. The van der Waals surface area contributed by atoms with Crippen LogP contribution in [0.4, 0.5) is 0 Å². The number of rotatable bonds is 4. The van der Waals surface area contributed by atoms with Gasteiger partial charge in [-0.2, -0.15) is 0 Å². The van der Waals surface area contributed by atoms with E-state index in [0.717, 1.165) is 12.8 Å². The normalized spacial score (nSPS) is 12.4. The third-order valence-corrected chi connectivity index (χ3v) is 3.81. The Bertz CT molecular complexity index is 557. The van der Waals surface area contributed by atoms with Crippen LogP contribution < -0.4 is 5.73 Å². The first-order valence-corrected chi connectivity index (χ1v) is 6.95. The molecule has 0 heterocycles. The zero-order valence-corrected chi connectivity index (χ0v) is 12.1. The minimum atomic E-state index is 0.125. The van der Waals surface area contributed by atoms with E-state index in [0.29, 0.717) is 0 Å². The molecule has 0 bridgehead atoms. The summed E-state index contributed by atoms with van der Waals surface area (Å²) in [6, 6.07) is 15.2. The molecule has 2 aromatic rings. The lowest BCUT2D eigenvalue weighted by Gasteiger charge is -2.16. The molecule has 2 N–H and O–H groups in total. The summed E-state index contributed by atoms with van der Waals surface area (Å²) in [7, 11) is 0. The van der Waals surface area contributed by atoms with Crippen molar-refractivity contribution >= 4 is 0 Å². The lowest BCUT2D eigenvalue weighted by molar-refractivity contribution is 0.646. The molecule has 0 aliphatic heterocycles. The van der Waals surface area contributed by atoms with Gasteiger partial charge in [0.05, 0.1) is 0 Å². The van der Waals surface area contributed by atoms with Gasteiger partial charge >= 0.3 is 0 Å². The van der Waals surface area contributed by atoms with Crippen molar-refractivity contribution in [2.45, 2.75) is 39.7 Å². The lowest BCUT2D eigenvalue weighted by Crippen LogP contribution is -2.13. The van der Waals surface area contributed by atoms with Crippen molar-refractivity contribution in [2.24, 2.45) is 5.73 Å². The molecule has 0 fully saturated rings. The van der Waals surface area contributed by atoms with Crippen LogP contribution in [-0.2, 0) is 6.42 Å². The van der Waals surface area contributed by atoms with Crippen LogP contribution in [0, 0.1) is 20.8 Å². The van der Waals surface area contributed by atoms with E-state index in [4.69, 9.17) is 5.73 Å². The summed E-state index contributed by atoms with van der Waals surface area (Å²) >= 11 is 0. The van der Waals surface area contributed by atoms with Crippen molar-refractivity contribution in [3.8, 4) is 0 Å². The molecule has 0 saturated heterocycles. The molecule has 0 radical (unpaired) electrons. The quantitative estimate of drug-likeness (QED) is 0.866. The molecule has 0 saturated carbocycles. The Hall–Kier alpha value is -1.60. The van der Waals surface area contributed by atoms with Crippen LogP contribution in [0.25, 0.3) is 0 Å². The van der Waals surface area contributed by atoms with Crippen LogP contribution in [0.5, 0.6) is 0 Å². The fourth-order valence-electron chi connectivity index (χ4n) is 2.60. The monoisotopic (exact) mass is 253 g/mol. The van der Waals surface area contributed by atoms with Gasteiger partial charge in [0, 0.05) is 6.04 Å². The summed E-state index contributed by atoms with van der Waals surface area (Å²) in [6.45, 7) is 6.43. The van der Waals surface area contributed by atoms with Crippen LogP contribution in [0.15, 0.2) is 42.5 Å². The second kappa shape index (κ2) is 6.03. The number of aryl methyl sites for hydroxylation is 4. The van der Waals surface area contributed by atoms with Gasteiger partial charge < -0.3 is 5.73 Å². The third kappa shape index (κ3) is 3.45. The first-order valence-electron chi connectivity index (χ1n) is 6.95. The van der Waals surface area contributed by atoms with Crippen molar-refractivity contribution in [3.05, 3.63) is 70.3 Å². The summed E-state index contributed by atoms with van der Waals surface area (Å²) in [6.07, 6.45) is 2.04. The molecular weight excluding hydrogens is 230 g/mol. The Balaban J connectivity index is 2.05. The minimum Gasteiger partial charge on any atom is -0.324 e. The van der Waals surface area contributed by atoms with E-state index in [2.05, 4.69) is 63.2 Å². The summed E-state index contributed by atoms with van der Waals surface area (Å²) in [4.78, 5) is 0. The molecule has 0 aromatic heterocycles. The Labute approximate surface area is 116 Å². The minimum absolute atomic E-state index is 0.125. The van der Waals surface area contributed by atoms with Crippen LogP contribution >= 0.6 is 0 Å². The van der Waals surface area contributed by atoms with Crippen LogP contribution in [0.1, 0.15) is 40.3 Å². The molecule has 0 amide bonds. The molecule has 2 rings (SSSR count). The van der Waals surface area contributed by atoms with Gasteiger partial charge in [0.25, 0.3) is 0 Å². The maximum atomic E-state index is 6.34. The smallest absolute Gasteiger partial charge is 0.0300 e. The van der Waals surface area contributed by atoms with Crippen molar-refractivity contribution < 1.29 is 0 Å². The average molecular weight is 253 g/mol. The van der Waals surface area contributed by atoms with Crippen LogP contribution in [0.3, 0.4) is 0 Å². The van der Waals surface area contributed by atoms with Gasteiger partial charge in [-0.15, -0.1) is 0 Å². The van der Waals surface area contributed by atoms with Crippen molar-refractivity contribution in [1.82, 2.24) is 0 Å². The van der Waals surface area contributed by atoms with Crippen molar-refractivity contribution in [2.75, 3.05) is 0 Å². The van der Waals surface area contributed by atoms with Gasteiger partial charge in [-0.25, -0.2) is 0 Å². The van der Waals surface area contributed by atoms with E-state index in [1.807, 2.05) is 0 Å². The molecule has 2 aromatic carbocycles. The fourth-order valence-corrected chi connectivity index (χ4v) is 2.60. The SMILES string of the molecule is Cc1ccc(C(N)CCc2ccccc2C)c(C)c1. The average Bonchev–Trinajstić information content (AvgIpc) is 2.37. The number of nitrogens with two attached hydrogens (primary N) is 1. The van der Waals surface area contributed by atoms with Crippen LogP contribution in [-0.4, -0.2) is 0 Å². The molecule has 1 atom stereocenters. The highest BCUT2D eigenvalue weighted by Gasteiger charge is 2.09. The van der Waals surface area contributed by atoms with E-state index in [-0.39, 0.29) is 6.04 Å². The molecule has 0 aliphatic rings. The van der Waals surface area contributed by atoms with Gasteiger partial charge in [0.15, 0.2) is 0 Å². The highest BCUT2D eigenvalue weighted by molar-refractivity contribution is 5.33. The Morgan fingerprint density at radius 3 is 2.37 bits per heavy atom. The van der Waals surface area contributed by atoms with Gasteiger partial charge in [0.2, 0.25) is 0 Å². The van der Waals surface area contributed by atoms with Crippen molar-refractivity contribution in [1.29, 1.82) is 0 Å². The molecule has 0 spiro atoms. The van der Waals surface area contributed by atoms with Crippen molar-refractivity contribution in [3.63, 3.8) is 0 Å². The standard InChI is InChI=1S/C18H23N/c1-13-8-10-17(15(3)12-13)18(19)11-9-16-7-5-4-6-14(16)2/h4-8,10,12,18H,9,11,19H2,1-3H3. The van der Waals surface area contributed by atoms with E-state index in [1.54, 1.807) is 0 Å². The molecular formula is C18H23N. The van der Waals surface area contributed by atoms with Gasteiger partial charge in [0.1, 0.15) is 0 Å². The summed E-state index contributed by atoms with van der Waals surface area (Å²) in [5.74, 6) is 0. The highest BCUT2D eigenvalue weighted by atomic mass is 14.6. The maximum Gasteiger partial charge on any atom is 0.0300 e. The maximum absolute atomic E-state index is 6.34. The summed E-state index contributed by atoms with van der Waals surface area (Å²) < 4.78 is 0.